The Morgan fingerprint density at radius 3 is 2.70 bits per heavy atom. The van der Waals surface area contributed by atoms with Crippen LogP contribution in [0.25, 0.3) is 0 Å². The van der Waals surface area contributed by atoms with Crippen LogP contribution in [0, 0.1) is 5.82 Å². The number of thioether (sulfide) groups is 1. The number of benzene rings is 1. The molecule has 0 spiro atoms. The SMILES string of the molecule is O=C(COC(=O)CN1CCSC1=O)NCCc1ccc(F)cc1. The molecule has 1 saturated heterocycles. The second-order valence-electron chi connectivity index (χ2n) is 4.92. The predicted octanol–water partition coefficient (Wildman–Crippen LogP) is 1.20. The summed E-state index contributed by atoms with van der Waals surface area (Å²) in [6, 6.07) is 6.01. The van der Waals surface area contributed by atoms with E-state index in [4.69, 9.17) is 4.74 Å². The molecule has 1 aliphatic rings. The molecule has 0 unspecified atom stereocenters. The number of carbonyl (C=O) groups excluding carboxylic acids is 3. The van der Waals surface area contributed by atoms with E-state index in [1.54, 1.807) is 12.1 Å². The van der Waals surface area contributed by atoms with E-state index < -0.39 is 11.9 Å². The molecule has 1 N–H and O–H groups in total. The Hall–Kier alpha value is -2.09. The molecule has 2 amide bonds. The van der Waals surface area contributed by atoms with Crippen LogP contribution in [0.5, 0.6) is 0 Å². The van der Waals surface area contributed by atoms with Crippen molar-refractivity contribution in [3.8, 4) is 0 Å². The van der Waals surface area contributed by atoms with Crippen LogP contribution >= 0.6 is 11.8 Å². The molecule has 0 atom stereocenters. The van der Waals surface area contributed by atoms with Crippen molar-refractivity contribution in [3.63, 3.8) is 0 Å². The summed E-state index contributed by atoms with van der Waals surface area (Å²) in [6.45, 7) is 0.373. The zero-order chi connectivity index (χ0) is 16.7. The van der Waals surface area contributed by atoms with Crippen molar-refractivity contribution in [2.75, 3.05) is 32.0 Å². The van der Waals surface area contributed by atoms with Crippen LogP contribution in [0.15, 0.2) is 24.3 Å². The lowest BCUT2D eigenvalue weighted by Crippen LogP contribution is -2.34. The second-order valence-corrected chi connectivity index (χ2v) is 5.97. The summed E-state index contributed by atoms with van der Waals surface area (Å²) in [7, 11) is 0. The molecular formula is C15H17FN2O4S. The van der Waals surface area contributed by atoms with Gasteiger partial charge in [0.05, 0.1) is 0 Å². The Kier molecular flexibility index (Phi) is 6.40. The highest BCUT2D eigenvalue weighted by molar-refractivity contribution is 8.13. The number of rotatable bonds is 7. The van der Waals surface area contributed by atoms with Crippen molar-refractivity contribution in [3.05, 3.63) is 35.6 Å². The first-order valence-corrected chi connectivity index (χ1v) is 8.11. The van der Waals surface area contributed by atoms with E-state index in [0.717, 1.165) is 17.3 Å². The van der Waals surface area contributed by atoms with Crippen molar-refractivity contribution in [2.24, 2.45) is 0 Å². The average molecular weight is 340 g/mol. The van der Waals surface area contributed by atoms with Crippen LogP contribution in [0.1, 0.15) is 5.56 Å². The summed E-state index contributed by atoms with van der Waals surface area (Å²) in [5.74, 6) is -0.660. The van der Waals surface area contributed by atoms with Gasteiger partial charge in [-0.15, -0.1) is 0 Å². The lowest BCUT2D eigenvalue weighted by atomic mass is 10.1. The lowest BCUT2D eigenvalue weighted by Gasteiger charge is -2.13. The normalized spacial score (nSPS) is 14.0. The van der Waals surface area contributed by atoms with Gasteiger partial charge in [-0.2, -0.15) is 0 Å². The molecule has 0 bridgehead atoms. The number of nitrogens with one attached hydrogen (secondary N) is 1. The molecule has 0 aromatic heterocycles. The number of hydrogen-bond donors (Lipinski definition) is 1. The first-order chi connectivity index (χ1) is 11.0. The fourth-order valence-corrected chi connectivity index (χ4v) is 2.79. The maximum absolute atomic E-state index is 12.7. The van der Waals surface area contributed by atoms with E-state index >= 15 is 0 Å². The van der Waals surface area contributed by atoms with Crippen LogP contribution in [-0.4, -0.2) is 54.0 Å². The summed E-state index contributed by atoms with van der Waals surface area (Å²) in [5.41, 5.74) is 0.897. The van der Waals surface area contributed by atoms with Crippen LogP contribution in [-0.2, 0) is 20.7 Å². The van der Waals surface area contributed by atoms with E-state index in [9.17, 15) is 18.8 Å². The molecule has 1 heterocycles. The first kappa shape index (κ1) is 17.3. The average Bonchev–Trinajstić information content (AvgIpc) is 2.92. The Bertz CT molecular complexity index is 579. The molecule has 1 aliphatic heterocycles. The van der Waals surface area contributed by atoms with Crippen LogP contribution < -0.4 is 5.32 Å². The van der Waals surface area contributed by atoms with Gasteiger partial charge in [0.15, 0.2) is 6.61 Å². The molecule has 1 aromatic rings. The number of amides is 2. The van der Waals surface area contributed by atoms with Gasteiger partial charge in [0.1, 0.15) is 12.4 Å². The minimum absolute atomic E-state index is 0.130. The molecule has 8 heteroatoms. The maximum atomic E-state index is 12.7. The predicted molar refractivity (Wildman–Crippen MR) is 83.5 cm³/mol. The number of halogens is 1. The van der Waals surface area contributed by atoms with E-state index in [1.165, 1.54) is 17.0 Å². The van der Waals surface area contributed by atoms with Gasteiger partial charge in [0.25, 0.3) is 11.1 Å². The van der Waals surface area contributed by atoms with E-state index in [1.807, 2.05) is 0 Å². The molecule has 6 nitrogen and oxygen atoms in total. The van der Waals surface area contributed by atoms with E-state index in [-0.39, 0.29) is 24.2 Å². The Balaban J connectivity index is 1.60. The van der Waals surface area contributed by atoms with Gasteiger partial charge in [-0.05, 0) is 24.1 Å². The van der Waals surface area contributed by atoms with Crippen LogP contribution in [0.4, 0.5) is 9.18 Å². The lowest BCUT2D eigenvalue weighted by molar-refractivity contribution is -0.148. The van der Waals surface area contributed by atoms with Gasteiger partial charge in [-0.3, -0.25) is 14.4 Å². The van der Waals surface area contributed by atoms with Gasteiger partial charge in [-0.25, -0.2) is 4.39 Å². The highest BCUT2D eigenvalue weighted by Gasteiger charge is 2.24. The van der Waals surface area contributed by atoms with Gasteiger partial charge in [0, 0.05) is 18.8 Å². The zero-order valence-electron chi connectivity index (χ0n) is 12.4. The van der Waals surface area contributed by atoms with Crippen molar-refractivity contribution < 1.29 is 23.5 Å². The minimum atomic E-state index is -0.602. The second kappa shape index (κ2) is 8.52. The van der Waals surface area contributed by atoms with Crippen LogP contribution in [0.3, 0.4) is 0 Å². The fourth-order valence-electron chi connectivity index (χ4n) is 1.97. The first-order valence-electron chi connectivity index (χ1n) is 7.13. The summed E-state index contributed by atoms with van der Waals surface area (Å²) < 4.78 is 17.6. The molecule has 1 aromatic carbocycles. The topological polar surface area (TPSA) is 75.7 Å². The van der Waals surface area contributed by atoms with Gasteiger partial charge < -0.3 is 15.0 Å². The van der Waals surface area contributed by atoms with Crippen molar-refractivity contribution in [1.29, 1.82) is 0 Å². The van der Waals surface area contributed by atoms with Crippen LogP contribution in [0.2, 0.25) is 0 Å². The van der Waals surface area contributed by atoms with Gasteiger partial charge >= 0.3 is 5.97 Å². The fraction of sp³-hybridized carbons (Fsp3) is 0.400. The van der Waals surface area contributed by atoms with E-state index in [0.29, 0.717) is 25.3 Å². The maximum Gasteiger partial charge on any atom is 0.326 e. The van der Waals surface area contributed by atoms with Gasteiger partial charge in [-0.1, -0.05) is 23.9 Å². The smallest absolute Gasteiger partial charge is 0.326 e. The third-order valence-electron chi connectivity index (χ3n) is 3.18. The largest absolute Gasteiger partial charge is 0.454 e. The summed E-state index contributed by atoms with van der Waals surface area (Å²) in [6.07, 6.45) is 0.555. The molecule has 2 rings (SSSR count). The molecule has 23 heavy (non-hydrogen) atoms. The van der Waals surface area contributed by atoms with Crippen molar-refractivity contribution in [2.45, 2.75) is 6.42 Å². The number of ether oxygens (including phenoxy) is 1. The summed E-state index contributed by atoms with van der Waals surface area (Å²) >= 11 is 1.16. The standard InChI is InChI=1S/C15H17FN2O4S/c16-12-3-1-11(2-4-12)5-6-17-13(19)10-22-14(20)9-18-7-8-23-15(18)21/h1-4H,5-10H2,(H,17,19). The molecule has 0 aliphatic carbocycles. The third-order valence-corrected chi connectivity index (χ3v) is 4.07. The Morgan fingerprint density at radius 2 is 2.04 bits per heavy atom. The molecule has 0 radical (unpaired) electrons. The van der Waals surface area contributed by atoms with Crippen molar-refractivity contribution in [1.82, 2.24) is 10.2 Å². The third kappa shape index (κ3) is 5.90. The van der Waals surface area contributed by atoms with Gasteiger partial charge in [0.2, 0.25) is 0 Å². The number of carbonyl (C=O) groups is 3. The minimum Gasteiger partial charge on any atom is -0.454 e. The number of nitrogens with zero attached hydrogens (tertiary/aromatic N) is 1. The highest BCUT2D eigenvalue weighted by Crippen LogP contribution is 2.16. The highest BCUT2D eigenvalue weighted by atomic mass is 32.2. The Morgan fingerprint density at radius 1 is 1.30 bits per heavy atom. The number of hydrogen-bond acceptors (Lipinski definition) is 5. The number of esters is 1. The zero-order valence-corrected chi connectivity index (χ0v) is 13.2. The summed E-state index contributed by atoms with van der Waals surface area (Å²) in [5, 5.41) is 2.46. The molecule has 124 valence electrons. The quantitative estimate of drug-likeness (QED) is 0.755. The monoisotopic (exact) mass is 340 g/mol. The molecule has 1 fully saturated rings. The van der Waals surface area contributed by atoms with Crippen molar-refractivity contribution >= 4 is 28.9 Å². The Labute approximate surface area is 137 Å². The summed E-state index contributed by atoms with van der Waals surface area (Å²) in [4.78, 5) is 35.8. The van der Waals surface area contributed by atoms with E-state index in [2.05, 4.69) is 5.32 Å². The molecular weight excluding hydrogens is 323 g/mol. The molecule has 0 saturated carbocycles.